The van der Waals surface area contributed by atoms with E-state index in [1.165, 1.54) is 4.90 Å². The molecule has 0 saturated carbocycles. The Balaban J connectivity index is 1.27. The van der Waals surface area contributed by atoms with Crippen LogP contribution >= 0.6 is 11.8 Å². The third-order valence-electron chi connectivity index (χ3n) is 7.02. The lowest BCUT2D eigenvalue weighted by Crippen LogP contribution is -2.38. The zero-order valence-corrected chi connectivity index (χ0v) is 23.2. The van der Waals surface area contributed by atoms with Gasteiger partial charge in [0.15, 0.2) is 6.29 Å². The molecule has 4 aromatic carbocycles. The van der Waals surface area contributed by atoms with Crippen LogP contribution in [0.1, 0.15) is 41.6 Å². The van der Waals surface area contributed by atoms with Crippen LogP contribution < -0.4 is 10.6 Å². The van der Waals surface area contributed by atoms with Crippen molar-refractivity contribution in [1.29, 1.82) is 0 Å². The molecule has 0 radical (unpaired) electrons. The Bertz CT molecular complexity index is 1350. The number of benzene rings is 4. The van der Waals surface area contributed by atoms with E-state index in [2.05, 4.69) is 29.7 Å². The average molecular weight is 555 g/mol. The summed E-state index contributed by atoms with van der Waals surface area (Å²) in [5.74, 6) is 0.902. The summed E-state index contributed by atoms with van der Waals surface area (Å²) in [6.07, 6.45) is -0.775. The second-order valence-electron chi connectivity index (χ2n) is 9.86. The van der Waals surface area contributed by atoms with Gasteiger partial charge in [-0.05, 0) is 41.0 Å². The highest BCUT2D eigenvalue weighted by Crippen LogP contribution is 2.43. The number of carbonyl (C=O) groups excluding carboxylic acids is 1. The fourth-order valence-electron chi connectivity index (χ4n) is 4.68. The van der Waals surface area contributed by atoms with Crippen LogP contribution in [0.25, 0.3) is 0 Å². The van der Waals surface area contributed by atoms with Gasteiger partial charge < -0.3 is 25.2 Å². The lowest BCUT2D eigenvalue weighted by molar-refractivity contribution is -0.268. The van der Waals surface area contributed by atoms with Gasteiger partial charge >= 0.3 is 6.03 Å². The second kappa shape index (κ2) is 13.6. The number of aliphatic hydroxyl groups is 1. The molecule has 0 bridgehead atoms. The molecule has 1 saturated heterocycles. The normalized spacial score (nSPS) is 20.6. The first-order valence-electron chi connectivity index (χ1n) is 13.5. The van der Waals surface area contributed by atoms with Gasteiger partial charge in [0.2, 0.25) is 0 Å². The Labute approximate surface area is 239 Å². The van der Waals surface area contributed by atoms with Gasteiger partial charge in [-0.1, -0.05) is 91.9 Å². The molecule has 206 valence electrons. The van der Waals surface area contributed by atoms with Crippen molar-refractivity contribution in [2.75, 3.05) is 11.1 Å². The first kappa shape index (κ1) is 27.9. The molecule has 0 aromatic heterocycles. The van der Waals surface area contributed by atoms with E-state index in [4.69, 9.17) is 9.47 Å². The van der Waals surface area contributed by atoms with Crippen LogP contribution in [0, 0.1) is 5.92 Å². The number of amides is 2. The highest BCUT2D eigenvalue weighted by atomic mass is 32.2. The van der Waals surface area contributed by atoms with E-state index in [1.54, 1.807) is 11.8 Å². The average Bonchev–Trinajstić information content (AvgIpc) is 3.01. The minimum Gasteiger partial charge on any atom is -0.392 e. The number of anilines is 1. The Kier molecular flexibility index (Phi) is 9.52. The van der Waals surface area contributed by atoms with E-state index in [0.29, 0.717) is 12.2 Å². The first-order valence-corrected chi connectivity index (χ1v) is 14.4. The Hall–Kier alpha value is -3.62. The number of nitrogens with one attached hydrogen (secondary N) is 2. The molecule has 1 heterocycles. The molecule has 5 rings (SSSR count). The molecule has 40 heavy (non-hydrogen) atoms. The van der Waals surface area contributed by atoms with Crippen LogP contribution in [0.2, 0.25) is 0 Å². The van der Waals surface area contributed by atoms with Crippen LogP contribution in [-0.4, -0.2) is 23.0 Å². The maximum atomic E-state index is 12.4. The van der Waals surface area contributed by atoms with Crippen LogP contribution in [0.3, 0.4) is 0 Å². The minimum atomic E-state index is -0.555. The summed E-state index contributed by atoms with van der Waals surface area (Å²) in [6.45, 7) is 2.63. The topological polar surface area (TPSA) is 79.8 Å². The van der Waals surface area contributed by atoms with Crippen LogP contribution in [0.15, 0.2) is 114 Å². The Morgan fingerprint density at radius 1 is 0.800 bits per heavy atom. The predicted molar refractivity (Wildman–Crippen MR) is 159 cm³/mol. The van der Waals surface area contributed by atoms with Crippen molar-refractivity contribution in [1.82, 2.24) is 5.32 Å². The zero-order chi connectivity index (χ0) is 27.7. The zero-order valence-electron chi connectivity index (χ0n) is 22.4. The largest absolute Gasteiger partial charge is 0.392 e. The van der Waals surface area contributed by atoms with Crippen molar-refractivity contribution >= 4 is 23.5 Å². The summed E-state index contributed by atoms with van der Waals surface area (Å²) in [6, 6.07) is 35.4. The van der Waals surface area contributed by atoms with Gasteiger partial charge in [-0.15, -0.1) is 11.8 Å². The maximum absolute atomic E-state index is 12.4. The molecular weight excluding hydrogens is 520 g/mol. The standard InChI is InChI=1S/C33H34N2O4S/c1-23-30(22-40-29-10-6-3-7-11-29)38-32(39-31(23)26-14-12-25(21-36)13-15-26)27-16-18-28(19-17-27)35-33(37)34-20-24-8-4-2-5-9-24/h2-19,23,30-32,36H,20-22H2,1H3,(H2,34,35,37). The van der Waals surface area contributed by atoms with E-state index in [0.717, 1.165) is 28.0 Å². The Morgan fingerprint density at radius 2 is 1.45 bits per heavy atom. The number of thioether (sulfide) groups is 1. The van der Waals surface area contributed by atoms with Crippen molar-refractivity contribution in [3.8, 4) is 0 Å². The minimum absolute atomic E-state index is 0.00803. The number of ether oxygens (including phenoxy) is 2. The highest BCUT2D eigenvalue weighted by Gasteiger charge is 2.38. The fraction of sp³-hybridized carbons (Fsp3) is 0.242. The molecule has 1 fully saturated rings. The molecule has 4 aromatic rings. The van der Waals surface area contributed by atoms with Crippen LogP contribution in [0.5, 0.6) is 0 Å². The number of hydrogen-bond donors (Lipinski definition) is 3. The molecular formula is C33H34N2O4S. The molecule has 2 amide bonds. The fourth-order valence-corrected chi connectivity index (χ4v) is 5.77. The van der Waals surface area contributed by atoms with Gasteiger partial charge in [-0.25, -0.2) is 4.79 Å². The molecule has 3 N–H and O–H groups in total. The van der Waals surface area contributed by atoms with E-state index in [-0.39, 0.29) is 30.8 Å². The van der Waals surface area contributed by atoms with Crippen molar-refractivity contribution < 1.29 is 19.4 Å². The number of aliphatic hydroxyl groups excluding tert-OH is 1. The van der Waals surface area contributed by atoms with Crippen molar-refractivity contribution in [3.05, 3.63) is 131 Å². The maximum Gasteiger partial charge on any atom is 0.319 e. The smallest absolute Gasteiger partial charge is 0.319 e. The molecule has 1 aliphatic heterocycles. The monoisotopic (exact) mass is 554 g/mol. The lowest BCUT2D eigenvalue weighted by atomic mass is 9.91. The van der Waals surface area contributed by atoms with E-state index >= 15 is 0 Å². The SMILES string of the molecule is CC1C(CSc2ccccc2)OC(c2ccc(NC(=O)NCc3ccccc3)cc2)OC1c1ccc(CO)cc1. The van der Waals surface area contributed by atoms with E-state index < -0.39 is 6.29 Å². The third-order valence-corrected chi connectivity index (χ3v) is 8.12. The first-order chi connectivity index (χ1) is 19.6. The van der Waals surface area contributed by atoms with Crippen molar-refractivity contribution in [2.45, 2.75) is 43.5 Å². The summed E-state index contributed by atoms with van der Waals surface area (Å²) in [7, 11) is 0. The summed E-state index contributed by atoms with van der Waals surface area (Å²) >= 11 is 1.78. The van der Waals surface area contributed by atoms with Crippen molar-refractivity contribution in [2.24, 2.45) is 5.92 Å². The quantitative estimate of drug-likeness (QED) is 0.193. The molecule has 6 nitrogen and oxygen atoms in total. The summed E-state index contributed by atoms with van der Waals surface area (Å²) < 4.78 is 13.1. The van der Waals surface area contributed by atoms with E-state index in [1.807, 2.05) is 97.1 Å². The summed E-state index contributed by atoms with van der Waals surface area (Å²) in [5.41, 5.74) is 4.53. The Morgan fingerprint density at radius 3 is 2.12 bits per heavy atom. The van der Waals surface area contributed by atoms with Crippen LogP contribution in [-0.2, 0) is 22.6 Å². The number of carbonyl (C=O) groups is 1. The molecule has 4 atom stereocenters. The number of rotatable bonds is 9. The molecule has 1 aliphatic rings. The van der Waals surface area contributed by atoms with Gasteiger partial charge in [0.25, 0.3) is 0 Å². The van der Waals surface area contributed by atoms with Crippen LogP contribution in [0.4, 0.5) is 10.5 Å². The van der Waals surface area contributed by atoms with Gasteiger partial charge in [0.1, 0.15) is 0 Å². The van der Waals surface area contributed by atoms with Gasteiger partial charge in [-0.3, -0.25) is 0 Å². The van der Waals surface area contributed by atoms with E-state index in [9.17, 15) is 9.90 Å². The predicted octanol–water partition coefficient (Wildman–Crippen LogP) is 7.08. The highest BCUT2D eigenvalue weighted by molar-refractivity contribution is 7.99. The molecule has 4 unspecified atom stereocenters. The number of urea groups is 1. The van der Waals surface area contributed by atoms with Gasteiger partial charge in [0.05, 0.1) is 18.8 Å². The summed E-state index contributed by atoms with van der Waals surface area (Å²) in [5, 5.41) is 15.2. The molecule has 0 spiro atoms. The van der Waals surface area contributed by atoms with Gasteiger partial charge in [0, 0.05) is 34.4 Å². The third kappa shape index (κ3) is 7.31. The lowest BCUT2D eigenvalue weighted by Gasteiger charge is -2.41. The van der Waals surface area contributed by atoms with Crippen molar-refractivity contribution in [3.63, 3.8) is 0 Å². The second-order valence-corrected chi connectivity index (χ2v) is 11.0. The summed E-state index contributed by atoms with van der Waals surface area (Å²) in [4.78, 5) is 13.6. The molecule has 7 heteroatoms. The number of hydrogen-bond acceptors (Lipinski definition) is 5. The van der Waals surface area contributed by atoms with Gasteiger partial charge in [-0.2, -0.15) is 0 Å². The molecule has 0 aliphatic carbocycles.